The zero-order chi connectivity index (χ0) is 11.5. The van der Waals surface area contributed by atoms with Crippen molar-refractivity contribution in [1.82, 2.24) is 0 Å². The summed E-state index contributed by atoms with van der Waals surface area (Å²) in [6.45, 7) is 3.64. The summed E-state index contributed by atoms with van der Waals surface area (Å²) in [5.74, 6) is -0.742. The molecule has 3 nitrogen and oxygen atoms in total. The highest BCUT2D eigenvalue weighted by atomic mass is 16.1. The Labute approximate surface area is 89.5 Å². The molecule has 0 aromatic heterocycles. The van der Waals surface area contributed by atoms with E-state index >= 15 is 0 Å². The van der Waals surface area contributed by atoms with Crippen LogP contribution in [-0.4, -0.2) is 5.91 Å². The van der Waals surface area contributed by atoms with Gasteiger partial charge in [-0.25, -0.2) is 0 Å². The van der Waals surface area contributed by atoms with Crippen molar-refractivity contribution < 1.29 is 4.79 Å². The van der Waals surface area contributed by atoms with Crippen molar-refractivity contribution in [3.05, 3.63) is 35.9 Å². The Hall–Kier alpha value is -1.82. The third kappa shape index (κ3) is 1.71. The highest BCUT2D eigenvalue weighted by Gasteiger charge is 2.42. The first-order chi connectivity index (χ1) is 7.05. The summed E-state index contributed by atoms with van der Waals surface area (Å²) in [4.78, 5) is 11.5. The van der Waals surface area contributed by atoms with Crippen LogP contribution in [-0.2, 0) is 10.2 Å². The van der Waals surface area contributed by atoms with Crippen LogP contribution in [0.25, 0.3) is 0 Å². The number of hydrogen-bond acceptors (Lipinski definition) is 2. The van der Waals surface area contributed by atoms with Gasteiger partial charge in [0.1, 0.15) is 0 Å². The molecule has 0 saturated heterocycles. The Morgan fingerprint density at radius 2 is 1.93 bits per heavy atom. The SMILES string of the molecule is CC(C)[C@@](C#N)(C(N)=O)c1ccccc1. The van der Waals surface area contributed by atoms with Gasteiger partial charge in [-0.3, -0.25) is 4.79 Å². The summed E-state index contributed by atoms with van der Waals surface area (Å²) < 4.78 is 0. The van der Waals surface area contributed by atoms with Crippen LogP contribution in [0.2, 0.25) is 0 Å². The highest BCUT2D eigenvalue weighted by Crippen LogP contribution is 2.31. The summed E-state index contributed by atoms with van der Waals surface area (Å²) in [7, 11) is 0. The molecule has 0 aliphatic heterocycles. The zero-order valence-corrected chi connectivity index (χ0v) is 8.90. The Balaban J connectivity index is 3.37. The number of carbonyl (C=O) groups excluding carboxylic acids is 1. The van der Waals surface area contributed by atoms with Crippen LogP contribution in [0.15, 0.2) is 30.3 Å². The van der Waals surface area contributed by atoms with Crippen molar-refractivity contribution in [2.24, 2.45) is 11.7 Å². The quantitative estimate of drug-likeness (QED) is 0.808. The van der Waals surface area contributed by atoms with Crippen molar-refractivity contribution in [3.8, 4) is 6.07 Å². The van der Waals surface area contributed by atoms with Gasteiger partial charge in [-0.2, -0.15) is 5.26 Å². The molecule has 0 spiro atoms. The second-order valence-corrected chi connectivity index (χ2v) is 3.80. The Morgan fingerprint density at radius 1 is 1.40 bits per heavy atom. The molecule has 78 valence electrons. The van der Waals surface area contributed by atoms with Crippen molar-refractivity contribution >= 4 is 5.91 Å². The molecular weight excluding hydrogens is 188 g/mol. The van der Waals surface area contributed by atoms with Gasteiger partial charge in [0, 0.05) is 0 Å². The van der Waals surface area contributed by atoms with Crippen molar-refractivity contribution in [3.63, 3.8) is 0 Å². The number of carbonyl (C=O) groups is 1. The number of nitrogens with two attached hydrogens (primary N) is 1. The van der Waals surface area contributed by atoms with Gasteiger partial charge in [0.05, 0.1) is 6.07 Å². The molecule has 0 aliphatic rings. The minimum absolute atomic E-state index is 0.151. The Kier molecular flexibility index (Phi) is 3.11. The fourth-order valence-electron chi connectivity index (χ4n) is 1.71. The Morgan fingerprint density at radius 3 is 2.27 bits per heavy atom. The number of primary amides is 1. The summed E-state index contributed by atoms with van der Waals surface area (Å²) in [6, 6.07) is 11.0. The summed E-state index contributed by atoms with van der Waals surface area (Å²) in [5, 5.41) is 9.22. The fraction of sp³-hybridized carbons (Fsp3) is 0.333. The molecule has 2 N–H and O–H groups in total. The third-order valence-corrected chi connectivity index (χ3v) is 2.66. The molecule has 15 heavy (non-hydrogen) atoms. The Bertz CT molecular complexity index is 392. The molecule has 0 radical (unpaired) electrons. The van der Waals surface area contributed by atoms with Gasteiger partial charge in [-0.05, 0) is 11.5 Å². The lowest BCUT2D eigenvalue weighted by Gasteiger charge is -2.27. The first-order valence-corrected chi connectivity index (χ1v) is 4.82. The standard InChI is InChI=1S/C12H14N2O/c1-9(2)12(8-13,11(14)15)10-6-4-3-5-7-10/h3-7,9H,1-2H3,(H2,14,15)/t12-/m1/s1. The maximum Gasteiger partial charge on any atom is 0.242 e. The van der Waals surface area contributed by atoms with Gasteiger partial charge in [0.2, 0.25) is 5.91 Å². The van der Waals surface area contributed by atoms with Gasteiger partial charge < -0.3 is 5.73 Å². The summed E-state index contributed by atoms with van der Waals surface area (Å²) in [5.41, 5.74) is 4.79. The lowest BCUT2D eigenvalue weighted by atomic mass is 9.72. The molecule has 0 unspecified atom stereocenters. The predicted octanol–water partition coefficient (Wildman–Crippen LogP) is 1.59. The number of nitriles is 1. The van der Waals surface area contributed by atoms with E-state index in [0.29, 0.717) is 5.56 Å². The molecule has 1 aromatic rings. The van der Waals surface area contributed by atoms with Crippen LogP contribution in [0.3, 0.4) is 0 Å². The van der Waals surface area contributed by atoms with E-state index in [1.54, 1.807) is 24.3 Å². The minimum Gasteiger partial charge on any atom is -0.368 e. The fourth-order valence-corrected chi connectivity index (χ4v) is 1.71. The zero-order valence-electron chi connectivity index (χ0n) is 8.90. The second kappa shape index (κ2) is 4.14. The number of hydrogen-bond donors (Lipinski definition) is 1. The lowest BCUT2D eigenvalue weighted by molar-refractivity contribution is -0.122. The van der Waals surface area contributed by atoms with Crippen LogP contribution >= 0.6 is 0 Å². The summed E-state index contributed by atoms with van der Waals surface area (Å²) >= 11 is 0. The highest BCUT2D eigenvalue weighted by molar-refractivity contribution is 5.90. The molecule has 1 rings (SSSR count). The van der Waals surface area contributed by atoms with E-state index in [1.807, 2.05) is 19.9 Å². The smallest absolute Gasteiger partial charge is 0.242 e. The van der Waals surface area contributed by atoms with Crippen LogP contribution in [0.1, 0.15) is 19.4 Å². The molecule has 1 atom stereocenters. The molecule has 0 aliphatic carbocycles. The van der Waals surface area contributed by atoms with Crippen molar-refractivity contribution in [2.45, 2.75) is 19.3 Å². The van der Waals surface area contributed by atoms with Gasteiger partial charge >= 0.3 is 0 Å². The molecule has 0 saturated carbocycles. The number of amides is 1. The lowest BCUT2D eigenvalue weighted by Crippen LogP contribution is -2.44. The molecule has 1 aromatic carbocycles. The van der Waals surface area contributed by atoms with E-state index in [2.05, 4.69) is 6.07 Å². The largest absolute Gasteiger partial charge is 0.368 e. The monoisotopic (exact) mass is 202 g/mol. The van der Waals surface area contributed by atoms with Crippen LogP contribution < -0.4 is 5.73 Å². The van der Waals surface area contributed by atoms with Gasteiger partial charge in [-0.15, -0.1) is 0 Å². The van der Waals surface area contributed by atoms with Crippen molar-refractivity contribution in [1.29, 1.82) is 5.26 Å². The normalized spacial score (nSPS) is 14.3. The molecular formula is C12H14N2O. The average Bonchev–Trinajstić information content (AvgIpc) is 2.20. The topological polar surface area (TPSA) is 66.9 Å². The predicted molar refractivity (Wildman–Crippen MR) is 57.8 cm³/mol. The van der Waals surface area contributed by atoms with Crippen molar-refractivity contribution in [2.75, 3.05) is 0 Å². The second-order valence-electron chi connectivity index (χ2n) is 3.80. The number of nitrogens with zero attached hydrogens (tertiary/aromatic N) is 1. The van der Waals surface area contributed by atoms with E-state index in [1.165, 1.54) is 0 Å². The molecule has 1 amide bonds. The van der Waals surface area contributed by atoms with Gasteiger partial charge in [-0.1, -0.05) is 44.2 Å². The van der Waals surface area contributed by atoms with E-state index in [-0.39, 0.29) is 5.92 Å². The molecule has 3 heteroatoms. The first kappa shape index (κ1) is 11.3. The van der Waals surface area contributed by atoms with E-state index in [4.69, 9.17) is 5.73 Å². The molecule has 0 bridgehead atoms. The maximum absolute atomic E-state index is 11.5. The van der Waals surface area contributed by atoms with Crippen LogP contribution in [0.4, 0.5) is 0 Å². The van der Waals surface area contributed by atoms with Crippen LogP contribution in [0.5, 0.6) is 0 Å². The van der Waals surface area contributed by atoms with E-state index in [9.17, 15) is 10.1 Å². The number of benzene rings is 1. The van der Waals surface area contributed by atoms with E-state index in [0.717, 1.165) is 0 Å². The van der Waals surface area contributed by atoms with Gasteiger partial charge in [0.25, 0.3) is 0 Å². The first-order valence-electron chi connectivity index (χ1n) is 4.82. The number of rotatable bonds is 3. The summed E-state index contributed by atoms with van der Waals surface area (Å²) in [6.07, 6.45) is 0. The third-order valence-electron chi connectivity index (χ3n) is 2.66. The molecule has 0 fully saturated rings. The minimum atomic E-state index is -1.22. The molecule has 0 heterocycles. The average molecular weight is 202 g/mol. The maximum atomic E-state index is 11.5. The van der Waals surface area contributed by atoms with Crippen LogP contribution in [0, 0.1) is 17.2 Å². The van der Waals surface area contributed by atoms with Gasteiger partial charge in [0.15, 0.2) is 5.41 Å². The van der Waals surface area contributed by atoms with E-state index < -0.39 is 11.3 Å².